The van der Waals surface area contributed by atoms with Gasteiger partial charge in [0.15, 0.2) is 0 Å². The van der Waals surface area contributed by atoms with Crippen LogP contribution in [0, 0.1) is 0 Å². The van der Waals surface area contributed by atoms with Crippen molar-refractivity contribution < 1.29 is 0 Å². The highest BCUT2D eigenvalue weighted by Gasteiger charge is 2.46. The zero-order chi connectivity index (χ0) is 39.1. The molecule has 0 spiro atoms. The molecule has 1 aliphatic rings. The highest BCUT2D eigenvalue weighted by Crippen LogP contribution is 2.57. The number of rotatable bonds is 5. The van der Waals surface area contributed by atoms with Crippen LogP contribution in [-0.4, -0.2) is 4.57 Å². The Bertz CT molecular complexity index is 3390. The van der Waals surface area contributed by atoms with E-state index in [1.54, 1.807) is 0 Å². The maximum atomic E-state index is 3.78. The molecule has 0 fully saturated rings. The van der Waals surface area contributed by atoms with E-state index in [-0.39, 0.29) is 0 Å². The molecule has 0 saturated heterocycles. The van der Waals surface area contributed by atoms with Crippen molar-refractivity contribution in [1.82, 2.24) is 4.57 Å². The van der Waals surface area contributed by atoms with Gasteiger partial charge < -0.3 is 4.57 Å². The van der Waals surface area contributed by atoms with Crippen molar-refractivity contribution >= 4 is 59.3 Å². The number of hydrogen-bond donors (Lipinski definition) is 0. The minimum Gasteiger partial charge on any atom is -0.309 e. The number of nitrogens with zero attached hydrogens (tertiary/aromatic N) is 1. The molecule has 0 saturated carbocycles. The molecule has 0 radical (unpaired) electrons. The van der Waals surface area contributed by atoms with Crippen molar-refractivity contribution in [2.45, 2.75) is 5.41 Å². The summed E-state index contributed by atoms with van der Waals surface area (Å²) in [7, 11) is 0. The fourth-order valence-corrected chi connectivity index (χ4v) is 10.7. The zero-order valence-corrected chi connectivity index (χ0v) is 33.7. The van der Waals surface area contributed by atoms with Gasteiger partial charge in [-0.15, -0.1) is 0 Å². The molecule has 276 valence electrons. The number of aromatic nitrogens is 1. The smallest absolute Gasteiger partial charge is 0.0714 e. The normalized spacial score (nSPS) is 13.0. The van der Waals surface area contributed by atoms with E-state index in [9.17, 15) is 0 Å². The molecule has 0 atom stereocenters. The second-order valence-corrected chi connectivity index (χ2v) is 16.6. The third-order valence-corrected chi connectivity index (χ3v) is 13.4. The summed E-state index contributed by atoms with van der Waals surface area (Å²) in [6.07, 6.45) is 0. The van der Waals surface area contributed by atoms with Gasteiger partial charge in [-0.2, -0.15) is 0 Å². The molecular weight excluding hydrogens is 779 g/mol. The Morgan fingerprint density at radius 2 is 0.915 bits per heavy atom. The van der Waals surface area contributed by atoms with Crippen molar-refractivity contribution in [2.75, 3.05) is 0 Å². The third-order valence-electron chi connectivity index (χ3n) is 12.7. The van der Waals surface area contributed by atoms with E-state index >= 15 is 0 Å². The summed E-state index contributed by atoms with van der Waals surface area (Å²) in [6.45, 7) is 0. The predicted molar refractivity (Wildman–Crippen MR) is 252 cm³/mol. The van der Waals surface area contributed by atoms with Gasteiger partial charge in [0.2, 0.25) is 0 Å². The molecule has 1 nitrogen and oxygen atoms in total. The van der Waals surface area contributed by atoms with Crippen LogP contribution < -0.4 is 0 Å². The average molecular weight is 815 g/mol. The SMILES string of the molecule is Brc1ccccc1-c1ccc(-c2cc3c(c4ccccc24)c2cc4ccccc4cc2n3-c2ccc3c(c2)C(c2ccccc2)(c2ccccc2)c2ccccc2-3)cc1. The van der Waals surface area contributed by atoms with Crippen molar-refractivity contribution in [3.8, 4) is 39.1 Å². The van der Waals surface area contributed by atoms with Crippen molar-refractivity contribution in [2.24, 2.45) is 0 Å². The lowest BCUT2D eigenvalue weighted by Crippen LogP contribution is -2.28. The fourth-order valence-electron chi connectivity index (χ4n) is 10.2. The summed E-state index contributed by atoms with van der Waals surface area (Å²) in [5.41, 5.74) is 15.5. The first-order valence-electron chi connectivity index (χ1n) is 20.3. The van der Waals surface area contributed by atoms with Crippen LogP contribution in [0.2, 0.25) is 0 Å². The molecule has 0 amide bonds. The number of fused-ring (bicyclic) bond motifs is 9. The second kappa shape index (κ2) is 13.3. The number of hydrogen-bond acceptors (Lipinski definition) is 0. The molecule has 1 aliphatic carbocycles. The summed E-state index contributed by atoms with van der Waals surface area (Å²) < 4.78 is 3.63. The van der Waals surface area contributed by atoms with Crippen LogP contribution >= 0.6 is 15.9 Å². The summed E-state index contributed by atoms with van der Waals surface area (Å²) in [4.78, 5) is 0. The van der Waals surface area contributed by atoms with Crippen molar-refractivity contribution in [1.29, 1.82) is 0 Å². The van der Waals surface area contributed by atoms with Crippen molar-refractivity contribution in [3.63, 3.8) is 0 Å². The Morgan fingerprint density at radius 1 is 0.356 bits per heavy atom. The summed E-state index contributed by atoms with van der Waals surface area (Å²) in [5.74, 6) is 0. The zero-order valence-electron chi connectivity index (χ0n) is 32.1. The van der Waals surface area contributed by atoms with E-state index in [0.717, 1.165) is 10.2 Å². The number of benzene rings is 10. The minimum atomic E-state index is -0.497. The van der Waals surface area contributed by atoms with E-state index in [1.165, 1.54) is 99.0 Å². The lowest BCUT2D eigenvalue weighted by Gasteiger charge is -2.34. The Kier molecular flexibility index (Phi) is 7.67. The van der Waals surface area contributed by atoms with Crippen LogP contribution in [0.4, 0.5) is 0 Å². The largest absolute Gasteiger partial charge is 0.309 e. The molecule has 59 heavy (non-hydrogen) atoms. The molecule has 1 aromatic heterocycles. The van der Waals surface area contributed by atoms with Gasteiger partial charge in [0.1, 0.15) is 0 Å². The minimum absolute atomic E-state index is 0.497. The van der Waals surface area contributed by atoms with Gasteiger partial charge in [-0.05, 0) is 114 Å². The van der Waals surface area contributed by atoms with Gasteiger partial charge in [0.25, 0.3) is 0 Å². The van der Waals surface area contributed by atoms with Gasteiger partial charge in [-0.25, -0.2) is 0 Å². The Hall–Kier alpha value is -7.00. The topological polar surface area (TPSA) is 4.93 Å². The molecule has 0 unspecified atom stereocenters. The van der Waals surface area contributed by atoms with Gasteiger partial charge in [-0.3, -0.25) is 0 Å². The van der Waals surface area contributed by atoms with Crippen LogP contribution in [0.1, 0.15) is 22.3 Å². The monoisotopic (exact) mass is 813 g/mol. The standard InChI is InChI=1S/C57H36BrN/c58-53-26-14-12-21-44(53)37-27-29-38(30-28-37)49-36-55-56(48-24-10-9-22-45(48)49)50-33-39-15-7-8-16-40(39)34-54(50)59(55)43-31-32-47-46-23-11-13-25-51(46)57(52(47)35-43,41-17-3-1-4-18-41)42-19-5-2-6-20-42/h1-36H. The first-order chi connectivity index (χ1) is 29.2. The van der Waals surface area contributed by atoms with E-state index in [1.807, 2.05) is 0 Å². The Balaban J connectivity index is 1.18. The molecular formula is C57H36BrN. The van der Waals surface area contributed by atoms with Crippen molar-refractivity contribution in [3.05, 3.63) is 245 Å². The van der Waals surface area contributed by atoms with Gasteiger partial charge >= 0.3 is 0 Å². The fraction of sp³-hybridized carbons (Fsp3) is 0.0175. The van der Waals surface area contributed by atoms with Crippen LogP contribution in [-0.2, 0) is 5.41 Å². The Morgan fingerprint density at radius 3 is 1.63 bits per heavy atom. The number of halogens is 1. The molecule has 2 heteroatoms. The van der Waals surface area contributed by atoms with E-state index in [2.05, 4.69) is 239 Å². The van der Waals surface area contributed by atoms with E-state index in [0.29, 0.717) is 0 Å². The van der Waals surface area contributed by atoms with Crippen LogP contribution in [0.25, 0.3) is 82.4 Å². The highest BCUT2D eigenvalue weighted by atomic mass is 79.9. The molecule has 10 aromatic carbocycles. The van der Waals surface area contributed by atoms with Gasteiger partial charge in [-0.1, -0.05) is 198 Å². The molecule has 1 heterocycles. The molecule has 0 N–H and O–H groups in total. The first-order valence-corrected chi connectivity index (χ1v) is 21.1. The third kappa shape index (κ3) is 5.03. The second-order valence-electron chi connectivity index (χ2n) is 15.7. The summed E-state index contributed by atoms with van der Waals surface area (Å²) in [5, 5.41) is 7.50. The van der Waals surface area contributed by atoms with E-state index in [4.69, 9.17) is 0 Å². The molecule has 0 aliphatic heterocycles. The lowest BCUT2D eigenvalue weighted by atomic mass is 9.67. The maximum Gasteiger partial charge on any atom is 0.0714 e. The lowest BCUT2D eigenvalue weighted by molar-refractivity contribution is 0.767. The first kappa shape index (κ1) is 34.1. The van der Waals surface area contributed by atoms with Crippen LogP contribution in [0.15, 0.2) is 223 Å². The van der Waals surface area contributed by atoms with Gasteiger partial charge in [0, 0.05) is 20.9 Å². The predicted octanol–water partition coefficient (Wildman–Crippen LogP) is 15.5. The summed E-state index contributed by atoms with van der Waals surface area (Å²) >= 11 is 3.78. The molecule has 12 rings (SSSR count). The molecule has 11 aromatic rings. The van der Waals surface area contributed by atoms with Crippen LogP contribution in [0.3, 0.4) is 0 Å². The highest BCUT2D eigenvalue weighted by molar-refractivity contribution is 9.10. The van der Waals surface area contributed by atoms with Crippen LogP contribution in [0.5, 0.6) is 0 Å². The average Bonchev–Trinajstić information content (AvgIpc) is 3.78. The molecule has 0 bridgehead atoms. The summed E-state index contributed by atoms with van der Waals surface area (Å²) in [6, 6.07) is 80.9. The Labute approximate surface area is 351 Å². The maximum absolute atomic E-state index is 3.78. The quantitative estimate of drug-likeness (QED) is 0.163. The van der Waals surface area contributed by atoms with Gasteiger partial charge in [0.05, 0.1) is 16.4 Å². The van der Waals surface area contributed by atoms with E-state index < -0.39 is 5.41 Å².